The van der Waals surface area contributed by atoms with Gasteiger partial charge in [0.1, 0.15) is 0 Å². The normalized spacial score (nSPS) is 25.0. The summed E-state index contributed by atoms with van der Waals surface area (Å²) >= 11 is 0. The number of nitrogens with zero attached hydrogens (tertiary/aromatic N) is 2. The van der Waals surface area contributed by atoms with Crippen molar-refractivity contribution in [1.82, 2.24) is 9.88 Å². The zero-order valence-corrected chi connectivity index (χ0v) is 9.92. The van der Waals surface area contributed by atoms with Gasteiger partial charge in [-0.25, -0.2) is 4.98 Å². The smallest absolute Gasteiger partial charge is 0.291 e. The van der Waals surface area contributed by atoms with Crippen LogP contribution in [-0.2, 0) is 4.74 Å². The maximum Gasteiger partial charge on any atom is 0.291 e. The second-order valence-corrected chi connectivity index (χ2v) is 4.23. The van der Waals surface area contributed by atoms with Crippen molar-refractivity contribution in [3.8, 4) is 0 Å². The fourth-order valence-electron chi connectivity index (χ4n) is 1.96. The second-order valence-electron chi connectivity index (χ2n) is 4.23. The van der Waals surface area contributed by atoms with Crippen molar-refractivity contribution in [1.29, 1.82) is 0 Å². The molecular formula is C11H16N2O4. The number of oxazole rings is 1. The van der Waals surface area contributed by atoms with Crippen molar-refractivity contribution in [3.05, 3.63) is 17.8 Å². The lowest BCUT2D eigenvalue weighted by atomic mass is 10.2. The molecule has 1 fully saturated rings. The molecule has 1 aromatic rings. The summed E-state index contributed by atoms with van der Waals surface area (Å²) in [5.41, 5.74) is 0.578. The zero-order chi connectivity index (χ0) is 12.4. The van der Waals surface area contributed by atoms with Crippen molar-refractivity contribution in [2.75, 3.05) is 19.7 Å². The molecule has 1 saturated heterocycles. The highest BCUT2D eigenvalue weighted by Crippen LogP contribution is 2.15. The summed E-state index contributed by atoms with van der Waals surface area (Å²) in [7, 11) is 0. The summed E-state index contributed by atoms with van der Waals surface area (Å²) in [6.07, 6.45) is 0.842. The number of carbonyl (C=O) groups is 1. The van der Waals surface area contributed by atoms with E-state index in [4.69, 9.17) is 14.3 Å². The van der Waals surface area contributed by atoms with Crippen LogP contribution >= 0.6 is 0 Å². The van der Waals surface area contributed by atoms with Crippen LogP contribution in [0.5, 0.6) is 0 Å². The van der Waals surface area contributed by atoms with Crippen LogP contribution in [0.1, 0.15) is 23.2 Å². The van der Waals surface area contributed by atoms with Crippen LogP contribution in [0.4, 0.5) is 0 Å². The third kappa shape index (κ3) is 2.48. The van der Waals surface area contributed by atoms with E-state index >= 15 is 0 Å². The van der Waals surface area contributed by atoms with Crippen LogP contribution in [-0.4, -0.2) is 52.8 Å². The van der Waals surface area contributed by atoms with Gasteiger partial charge in [-0.1, -0.05) is 0 Å². The standard InChI is InChI=1S/C11H16N2O4/c1-7-3-13(4-9(5-14)17-7)11(15)10-8(2)12-6-16-10/h6-7,9,14H,3-5H2,1-2H3. The van der Waals surface area contributed by atoms with Gasteiger partial charge in [0.25, 0.3) is 5.91 Å². The number of ether oxygens (including phenoxy) is 1. The Labute approximate surface area is 99.2 Å². The molecule has 94 valence electrons. The van der Waals surface area contributed by atoms with Gasteiger partial charge < -0.3 is 19.2 Å². The van der Waals surface area contributed by atoms with E-state index < -0.39 is 0 Å². The number of hydrogen-bond acceptors (Lipinski definition) is 5. The van der Waals surface area contributed by atoms with Gasteiger partial charge in [0.2, 0.25) is 5.76 Å². The molecule has 6 nitrogen and oxygen atoms in total. The minimum atomic E-state index is -0.328. The molecule has 0 aliphatic carbocycles. The first-order valence-corrected chi connectivity index (χ1v) is 5.57. The summed E-state index contributed by atoms with van der Waals surface area (Å²) in [4.78, 5) is 17.7. The highest BCUT2D eigenvalue weighted by molar-refractivity contribution is 5.92. The Balaban J connectivity index is 2.11. The molecule has 1 N–H and O–H groups in total. The monoisotopic (exact) mass is 240 g/mol. The van der Waals surface area contributed by atoms with E-state index in [1.54, 1.807) is 11.8 Å². The highest BCUT2D eigenvalue weighted by Gasteiger charge is 2.30. The van der Waals surface area contributed by atoms with Gasteiger partial charge >= 0.3 is 0 Å². The first kappa shape index (κ1) is 12.1. The van der Waals surface area contributed by atoms with Gasteiger partial charge in [-0.05, 0) is 13.8 Å². The number of aliphatic hydroxyl groups is 1. The highest BCUT2D eigenvalue weighted by atomic mass is 16.5. The molecule has 1 aliphatic heterocycles. The van der Waals surface area contributed by atoms with Crippen LogP contribution in [0, 0.1) is 6.92 Å². The van der Waals surface area contributed by atoms with Crippen molar-refractivity contribution in [2.24, 2.45) is 0 Å². The van der Waals surface area contributed by atoms with Crippen LogP contribution in [0.25, 0.3) is 0 Å². The lowest BCUT2D eigenvalue weighted by Crippen LogP contribution is -2.50. The van der Waals surface area contributed by atoms with E-state index in [0.29, 0.717) is 18.8 Å². The minimum absolute atomic E-state index is 0.0897. The third-order valence-electron chi connectivity index (χ3n) is 2.76. The number of rotatable bonds is 2. The molecular weight excluding hydrogens is 224 g/mol. The number of amides is 1. The number of carbonyl (C=O) groups excluding carboxylic acids is 1. The molecule has 6 heteroatoms. The SMILES string of the molecule is Cc1ncoc1C(=O)N1CC(C)OC(CO)C1. The lowest BCUT2D eigenvalue weighted by Gasteiger charge is -2.35. The molecule has 2 unspecified atom stereocenters. The Morgan fingerprint density at radius 3 is 3.00 bits per heavy atom. The Hall–Kier alpha value is -1.40. The van der Waals surface area contributed by atoms with Crippen LogP contribution in [0.2, 0.25) is 0 Å². The van der Waals surface area contributed by atoms with Gasteiger partial charge in [0, 0.05) is 13.1 Å². The molecule has 0 radical (unpaired) electrons. The first-order valence-electron chi connectivity index (χ1n) is 5.57. The summed E-state index contributed by atoms with van der Waals surface area (Å²) in [5, 5.41) is 9.09. The molecule has 0 saturated carbocycles. The van der Waals surface area contributed by atoms with Gasteiger partial charge in [-0.3, -0.25) is 4.79 Å². The molecule has 0 bridgehead atoms. The molecule has 1 amide bonds. The molecule has 2 rings (SSSR count). The average Bonchev–Trinajstić information content (AvgIpc) is 2.73. The van der Waals surface area contributed by atoms with E-state index in [9.17, 15) is 4.79 Å². The number of aliphatic hydroxyl groups excluding tert-OH is 1. The zero-order valence-electron chi connectivity index (χ0n) is 9.92. The summed E-state index contributed by atoms with van der Waals surface area (Å²) in [6.45, 7) is 4.37. The van der Waals surface area contributed by atoms with Gasteiger partial charge in [0.05, 0.1) is 24.5 Å². The maximum absolute atomic E-state index is 12.1. The predicted molar refractivity (Wildman–Crippen MR) is 58.6 cm³/mol. The van der Waals surface area contributed by atoms with E-state index in [1.165, 1.54) is 6.39 Å². The van der Waals surface area contributed by atoms with Crippen molar-refractivity contribution >= 4 is 5.91 Å². The summed E-state index contributed by atoms with van der Waals surface area (Å²) < 4.78 is 10.6. The predicted octanol–water partition coefficient (Wildman–Crippen LogP) is 0.205. The fraction of sp³-hybridized carbons (Fsp3) is 0.636. The molecule has 0 spiro atoms. The topological polar surface area (TPSA) is 75.8 Å². The number of aromatic nitrogens is 1. The van der Waals surface area contributed by atoms with Crippen LogP contribution in [0.15, 0.2) is 10.8 Å². The van der Waals surface area contributed by atoms with E-state index in [-0.39, 0.29) is 30.5 Å². The number of hydrogen-bond donors (Lipinski definition) is 1. The quantitative estimate of drug-likeness (QED) is 0.799. The summed E-state index contributed by atoms with van der Waals surface area (Å²) in [6, 6.07) is 0. The molecule has 0 aromatic carbocycles. The number of morpholine rings is 1. The number of aryl methyl sites for hydroxylation is 1. The average molecular weight is 240 g/mol. The Morgan fingerprint density at radius 1 is 1.65 bits per heavy atom. The maximum atomic E-state index is 12.1. The Kier molecular flexibility index (Phi) is 3.44. The Morgan fingerprint density at radius 2 is 2.41 bits per heavy atom. The molecule has 17 heavy (non-hydrogen) atoms. The van der Waals surface area contributed by atoms with Gasteiger partial charge in [-0.15, -0.1) is 0 Å². The third-order valence-corrected chi connectivity index (χ3v) is 2.76. The van der Waals surface area contributed by atoms with Crippen molar-refractivity contribution in [3.63, 3.8) is 0 Å². The molecule has 1 aromatic heterocycles. The van der Waals surface area contributed by atoms with Crippen molar-refractivity contribution in [2.45, 2.75) is 26.1 Å². The van der Waals surface area contributed by atoms with Crippen LogP contribution in [0.3, 0.4) is 0 Å². The second kappa shape index (κ2) is 4.85. The van der Waals surface area contributed by atoms with Gasteiger partial charge in [-0.2, -0.15) is 0 Å². The first-order chi connectivity index (χ1) is 8.11. The van der Waals surface area contributed by atoms with E-state index in [0.717, 1.165) is 0 Å². The minimum Gasteiger partial charge on any atom is -0.438 e. The van der Waals surface area contributed by atoms with E-state index in [1.807, 2.05) is 6.92 Å². The van der Waals surface area contributed by atoms with E-state index in [2.05, 4.69) is 4.98 Å². The van der Waals surface area contributed by atoms with Crippen LogP contribution < -0.4 is 0 Å². The molecule has 2 atom stereocenters. The largest absolute Gasteiger partial charge is 0.438 e. The lowest BCUT2D eigenvalue weighted by molar-refractivity contribution is -0.0863. The molecule has 2 heterocycles. The molecule has 1 aliphatic rings. The van der Waals surface area contributed by atoms with Crippen molar-refractivity contribution < 1.29 is 19.1 Å². The van der Waals surface area contributed by atoms with Gasteiger partial charge in [0.15, 0.2) is 6.39 Å². The Bertz CT molecular complexity index is 404. The fourth-order valence-corrected chi connectivity index (χ4v) is 1.96. The summed E-state index contributed by atoms with van der Waals surface area (Å²) in [5.74, 6) is 0.0596.